The van der Waals surface area contributed by atoms with Crippen LogP contribution in [0.25, 0.3) is 0 Å². The number of amides is 1. The molecule has 4 aromatic rings. The van der Waals surface area contributed by atoms with E-state index in [-0.39, 0.29) is 11.6 Å². The molecule has 0 spiro atoms. The van der Waals surface area contributed by atoms with Gasteiger partial charge in [-0.15, -0.1) is 0 Å². The van der Waals surface area contributed by atoms with Gasteiger partial charge in [-0.05, 0) is 39.2 Å². The molecular formula is C23H18BrN7O3. The molecule has 10 nitrogen and oxygen atoms in total. The normalized spacial score (nSPS) is 10.5. The van der Waals surface area contributed by atoms with E-state index in [1.807, 2.05) is 60.7 Å². The number of nitrogens with zero attached hydrogens (tertiary/aromatic N) is 4. The average molecular weight is 520 g/mol. The second-order valence-corrected chi connectivity index (χ2v) is 7.95. The molecule has 1 amide bonds. The standard InChI is InChI=1S/C23H18BrN7O3/c24-17-11-12-18(25-13-17)28-21-20(31(33)34)22(27-14-26-21)29-30-23(32)19(15-7-3-1-4-8-15)16-9-5-2-6-10-16/h1-14,19H,(H,30,32)(H2,25,26,27,28,29). The number of hydrogen-bond donors (Lipinski definition) is 3. The quantitative estimate of drug-likeness (QED) is 0.227. The second kappa shape index (κ2) is 10.5. The van der Waals surface area contributed by atoms with Crippen LogP contribution in [0.1, 0.15) is 17.0 Å². The number of nitrogens with one attached hydrogen (secondary N) is 3. The first kappa shape index (κ1) is 22.8. The first-order valence-electron chi connectivity index (χ1n) is 10.1. The molecule has 3 N–H and O–H groups in total. The van der Waals surface area contributed by atoms with Gasteiger partial charge >= 0.3 is 5.69 Å². The van der Waals surface area contributed by atoms with Crippen LogP contribution in [0.15, 0.2) is 89.8 Å². The number of hydrazine groups is 1. The van der Waals surface area contributed by atoms with Gasteiger partial charge in [0.2, 0.25) is 17.5 Å². The highest BCUT2D eigenvalue weighted by atomic mass is 79.9. The number of carbonyl (C=O) groups is 1. The first-order valence-corrected chi connectivity index (χ1v) is 10.9. The van der Waals surface area contributed by atoms with Gasteiger partial charge in [0.05, 0.1) is 10.8 Å². The van der Waals surface area contributed by atoms with Crippen LogP contribution in [0.5, 0.6) is 0 Å². The van der Waals surface area contributed by atoms with Crippen LogP contribution in [0.4, 0.5) is 23.1 Å². The Balaban J connectivity index is 1.59. The van der Waals surface area contributed by atoms with Crippen molar-refractivity contribution in [2.45, 2.75) is 5.92 Å². The van der Waals surface area contributed by atoms with E-state index < -0.39 is 22.4 Å². The van der Waals surface area contributed by atoms with E-state index in [1.165, 1.54) is 0 Å². The lowest BCUT2D eigenvalue weighted by Gasteiger charge is -2.18. The lowest BCUT2D eigenvalue weighted by Crippen LogP contribution is -2.35. The maximum Gasteiger partial charge on any atom is 0.355 e. The minimum absolute atomic E-state index is 0.0748. The molecule has 0 unspecified atom stereocenters. The number of hydrogen-bond acceptors (Lipinski definition) is 8. The van der Waals surface area contributed by atoms with Crippen molar-refractivity contribution in [3.05, 3.63) is 111 Å². The molecule has 0 aliphatic carbocycles. The fourth-order valence-electron chi connectivity index (χ4n) is 3.28. The fourth-order valence-corrected chi connectivity index (χ4v) is 3.52. The summed E-state index contributed by atoms with van der Waals surface area (Å²) in [5, 5.41) is 14.6. The average Bonchev–Trinajstić information content (AvgIpc) is 2.85. The van der Waals surface area contributed by atoms with Crippen LogP contribution in [0.3, 0.4) is 0 Å². The van der Waals surface area contributed by atoms with Crippen LogP contribution >= 0.6 is 15.9 Å². The van der Waals surface area contributed by atoms with Gasteiger partial charge in [0.15, 0.2) is 0 Å². The Bertz CT molecular complexity index is 1250. The van der Waals surface area contributed by atoms with E-state index in [2.05, 4.69) is 47.1 Å². The molecule has 4 rings (SSSR count). The number of aromatic nitrogens is 3. The molecule has 0 atom stereocenters. The Morgan fingerprint density at radius 2 is 1.50 bits per heavy atom. The lowest BCUT2D eigenvalue weighted by molar-refractivity contribution is -0.383. The minimum atomic E-state index is -0.639. The van der Waals surface area contributed by atoms with E-state index in [4.69, 9.17) is 0 Å². The molecule has 0 saturated heterocycles. The molecule has 0 aliphatic rings. The zero-order valence-corrected chi connectivity index (χ0v) is 19.1. The highest BCUT2D eigenvalue weighted by molar-refractivity contribution is 9.10. The van der Waals surface area contributed by atoms with Gasteiger partial charge in [-0.25, -0.2) is 15.0 Å². The number of anilines is 3. The summed E-state index contributed by atoms with van der Waals surface area (Å²) in [6, 6.07) is 21.8. The Morgan fingerprint density at radius 3 is 2.06 bits per heavy atom. The third kappa shape index (κ3) is 5.33. The summed E-state index contributed by atoms with van der Waals surface area (Å²) < 4.78 is 0.756. The highest BCUT2D eigenvalue weighted by Crippen LogP contribution is 2.31. The SMILES string of the molecule is O=C(NNc1ncnc(Nc2ccc(Br)cn2)c1[N+](=O)[O-])C(c1ccccc1)c1ccccc1. The maximum atomic E-state index is 13.2. The maximum absolute atomic E-state index is 13.2. The van der Waals surface area contributed by atoms with Crippen molar-refractivity contribution >= 4 is 45.0 Å². The van der Waals surface area contributed by atoms with E-state index >= 15 is 0 Å². The van der Waals surface area contributed by atoms with E-state index in [1.54, 1.807) is 18.3 Å². The number of rotatable bonds is 8. The highest BCUT2D eigenvalue weighted by Gasteiger charge is 2.26. The summed E-state index contributed by atoms with van der Waals surface area (Å²) in [6.45, 7) is 0. The van der Waals surface area contributed by atoms with Gasteiger partial charge in [-0.1, -0.05) is 60.7 Å². The largest absolute Gasteiger partial charge is 0.355 e. The van der Waals surface area contributed by atoms with Crippen molar-refractivity contribution in [2.75, 3.05) is 10.7 Å². The van der Waals surface area contributed by atoms with Gasteiger partial charge in [0, 0.05) is 10.7 Å². The second-order valence-electron chi connectivity index (χ2n) is 7.03. The summed E-state index contributed by atoms with van der Waals surface area (Å²) in [4.78, 5) is 36.4. The zero-order chi connectivity index (χ0) is 23.9. The summed E-state index contributed by atoms with van der Waals surface area (Å²) >= 11 is 3.29. The van der Waals surface area contributed by atoms with Crippen LogP contribution in [0, 0.1) is 10.1 Å². The van der Waals surface area contributed by atoms with Gasteiger partial charge in [0.1, 0.15) is 12.1 Å². The van der Waals surface area contributed by atoms with E-state index in [9.17, 15) is 14.9 Å². The van der Waals surface area contributed by atoms with Crippen LogP contribution in [0.2, 0.25) is 0 Å². The fraction of sp³-hybridized carbons (Fsp3) is 0.0435. The molecule has 0 aliphatic heterocycles. The number of halogens is 1. The monoisotopic (exact) mass is 519 g/mol. The molecule has 11 heteroatoms. The zero-order valence-electron chi connectivity index (χ0n) is 17.6. The van der Waals surface area contributed by atoms with E-state index in [0.717, 1.165) is 21.9 Å². The Morgan fingerprint density at radius 1 is 0.882 bits per heavy atom. The number of carbonyl (C=O) groups excluding carboxylic acids is 1. The third-order valence-corrected chi connectivity index (χ3v) is 5.28. The number of benzene rings is 2. The van der Waals surface area contributed by atoms with Gasteiger partial charge in [0.25, 0.3) is 0 Å². The summed E-state index contributed by atoms with van der Waals surface area (Å²) in [7, 11) is 0. The Kier molecular flexibility index (Phi) is 7.04. The molecule has 0 fully saturated rings. The predicted octanol–water partition coefficient (Wildman–Crippen LogP) is 4.56. The summed E-state index contributed by atoms with van der Waals surface area (Å²) in [5.74, 6) is -0.940. The van der Waals surface area contributed by atoms with Crippen LogP contribution in [-0.2, 0) is 4.79 Å². The smallest absolute Gasteiger partial charge is 0.319 e. The number of nitro groups is 1. The summed E-state index contributed by atoms with van der Waals surface area (Å²) in [5.41, 5.74) is 6.25. The van der Waals surface area contributed by atoms with Crippen molar-refractivity contribution in [3.8, 4) is 0 Å². The number of pyridine rings is 1. The Hall–Kier alpha value is -4.38. The molecule has 2 aromatic heterocycles. The minimum Gasteiger partial charge on any atom is -0.319 e. The molecule has 0 bridgehead atoms. The predicted molar refractivity (Wildman–Crippen MR) is 130 cm³/mol. The lowest BCUT2D eigenvalue weighted by atomic mass is 9.91. The molecule has 34 heavy (non-hydrogen) atoms. The van der Waals surface area contributed by atoms with Crippen LogP contribution < -0.4 is 16.2 Å². The van der Waals surface area contributed by atoms with Crippen molar-refractivity contribution in [1.29, 1.82) is 0 Å². The van der Waals surface area contributed by atoms with Gasteiger partial charge in [-0.2, -0.15) is 0 Å². The topological polar surface area (TPSA) is 135 Å². The molecule has 0 saturated carbocycles. The molecular weight excluding hydrogens is 502 g/mol. The molecule has 2 aromatic carbocycles. The van der Waals surface area contributed by atoms with Gasteiger partial charge < -0.3 is 5.32 Å². The van der Waals surface area contributed by atoms with Crippen molar-refractivity contribution in [3.63, 3.8) is 0 Å². The molecule has 0 radical (unpaired) electrons. The van der Waals surface area contributed by atoms with Crippen molar-refractivity contribution in [2.24, 2.45) is 0 Å². The molecule has 170 valence electrons. The first-order chi connectivity index (χ1) is 16.5. The summed E-state index contributed by atoms with van der Waals surface area (Å²) in [6.07, 6.45) is 2.69. The van der Waals surface area contributed by atoms with Crippen molar-refractivity contribution < 1.29 is 9.72 Å². The van der Waals surface area contributed by atoms with Crippen molar-refractivity contribution in [1.82, 2.24) is 20.4 Å². The van der Waals surface area contributed by atoms with Crippen LogP contribution in [-0.4, -0.2) is 25.8 Å². The van der Waals surface area contributed by atoms with E-state index in [0.29, 0.717) is 5.82 Å². The third-order valence-electron chi connectivity index (χ3n) is 4.81. The molecule has 2 heterocycles. The van der Waals surface area contributed by atoms with Gasteiger partial charge in [-0.3, -0.25) is 25.8 Å². The Labute approximate surface area is 202 Å².